The van der Waals surface area contributed by atoms with Crippen molar-refractivity contribution in [3.8, 4) is 6.07 Å². The normalized spacial score (nSPS) is 21.8. The molecule has 1 aromatic heterocycles. The van der Waals surface area contributed by atoms with Gasteiger partial charge in [-0.05, 0) is 66.2 Å². The third-order valence-electron chi connectivity index (χ3n) is 6.55. The lowest BCUT2D eigenvalue weighted by molar-refractivity contribution is 0.0930. The Bertz CT molecular complexity index is 1200. The van der Waals surface area contributed by atoms with Gasteiger partial charge in [-0.3, -0.25) is 4.79 Å². The van der Waals surface area contributed by atoms with Crippen LogP contribution >= 0.6 is 11.5 Å². The van der Waals surface area contributed by atoms with E-state index in [1.165, 1.54) is 22.4 Å². The fourth-order valence-electron chi connectivity index (χ4n) is 4.98. The van der Waals surface area contributed by atoms with E-state index >= 15 is 0 Å². The van der Waals surface area contributed by atoms with Gasteiger partial charge in [-0.15, -0.1) is 5.10 Å². The van der Waals surface area contributed by atoms with E-state index in [0.717, 1.165) is 30.9 Å². The minimum Gasteiger partial charge on any atom is -0.364 e. The summed E-state index contributed by atoms with van der Waals surface area (Å²) in [6.45, 7) is 4.88. The van der Waals surface area contributed by atoms with Gasteiger partial charge in [0.15, 0.2) is 0 Å². The van der Waals surface area contributed by atoms with E-state index in [2.05, 4.69) is 63.1 Å². The van der Waals surface area contributed by atoms with Gasteiger partial charge < -0.3 is 10.2 Å². The molecule has 5 rings (SSSR count). The van der Waals surface area contributed by atoms with Crippen LogP contribution in [-0.4, -0.2) is 28.1 Å². The molecule has 0 unspecified atom stereocenters. The van der Waals surface area contributed by atoms with Crippen molar-refractivity contribution in [3.63, 3.8) is 0 Å². The largest absolute Gasteiger partial charge is 0.364 e. The lowest BCUT2D eigenvalue weighted by Crippen LogP contribution is -2.46. The predicted molar refractivity (Wildman–Crippen MR) is 120 cm³/mol. The Hall–Kier alpha value is -3.24. The van der Waals surface area contributed by atoms with Crippen molar-refractivity contribution >= 4 is 23.1 Å². The number of amides is 1. The lowest BCUT2D eigenvalue weighted by atomic mass is 9.86. The number of piperidine rings is 1. The molecule has 7 heteroatoms. The summed E-state index contributed by atoms with van der Waals surface area (Å²) in [4.78, 5) is 15.8. The topological polar surface area (TPSA) is 81.9 Å². The molecule has 3 heterocycles. The number of nitriles is 1. The number of hydrogen-bond acceptors (Lipinski definition) is 6. The van der Waals surface area contributed by atoms with Crippen LogP contribution in [0.4, 0.5) is 5.69 Å². The number of carbonyl (C=O) groups excluding carboxylic acids is 1. The maximum atomic E-state index is 12.8. The number of nitrogens with zero attached hydrogens (tertiary/aromatic N) is 4. The maximum Gasteiger partial charge on any atom is 0.265 e. The average molecular weight is 430 g/mol. The number of aromatic nitrogens is 2. The number of carbonyl (C=O) groups is 1. The summed E-state index contributed by atoms with van der Waals surface area (Å²) in [5.74, 6) is 0.115. The SMILES string of the molecule is Cc1nnsc1C(=O)N[C@@H]1CCN2c3ccc(C#N)cc3[C@H](C)c3ccccc3[C@H]2C1. The van der Waals surface area contributed by atoms with Crippen LogP contribution < -0.4 is 10.2 Å². The Morgan fingerprint density at radius 3 is 2.77 bits per heavy atom. The molecular formula is C24H23N5OS. The molecule has 2 aliphatic rings. The summed E-state index contributed by atoms with van der Waals surface area (Å²) in [7, 11) is 0. The summed E-state index contributed by atoms with van der Waals surface area (Å²) in [5, 5.41) is 16.6. The summed E-state index contributed by atoms with van der Waals surface area (Å²) in [6, 6.07) is 17.2. The van der Waals surface area contributed by atoms with Gasteiger partial charge in [0, 0.05) is 24.2 Å². The summed E-state index contributed by atoms with van der Waals surface area (Å²) >= 11 is 1.15. The molecule has 2 aromatic carbocycles. The molecule has 156 valence electrons. The van der Waals surface area contributed by atoms with Gasteiger partial charge in [0.05, 0.1) is 23.4 Å². The molecule has 0 bridgehead atoms. The number of anilines is 1. The molecule has 1 amide bonds. The molecule has 1 N–H and O–H groups in total. The van der Waals surface area contributed by atoms with Gasteiger partial charge in [0.1, 0.15) is 4.88 Å². The van der Waals surface area contributed by atoms with E-state index in [1.54, 1.807) is 0 Å². The number of hydrogen-bond donors (Lipinski definition) is 1. The van der Waals surface area contributed by atoms with Crippen LogP contribution in [0.25, 0.3) is 0 Å². The standard InChI is InChI=1S/C24H23N5OS/c1-14-18-5-3-4-6-19(18)22-12-17(26-24(30)23-15(2)27-28-31-23)9-10-29(22)21-8-7-16(13-25)11-20(14)21/h3-8,11,14,17,22H,9-10,12H2,1-2H3,(H,26,30)/t14-,17-,22-/m1/s1. The second-order valence-corrected chi connectivity index (χ2v) is 9.08. The first-order chi connectivity index (χ1) is 15.1. The molecular weight excluding hydrogens is 406 g/mol. The Labute approximate surface area is 185 Å². The molecule has 0 spiro atoms. The number of fused-ring (bicyclic) bond motifs is 5. The van der Waals surface area contributed by atoms with Gasteiger partial charge >= 0.3 is 0 Å². The molecule has 6 nitrogen and oxygen atoms in total. The molecule has 1 saturated heterocycles. The minimum absolute atomic E-state index is 0.0820. The van der Waals surface area contributed by atoms with Gasteiger partial charge in [-0.1, -0.05) is 35.7 Å². The van der Waals surface area contributed by atoms with Crippen molar-refractivity contribution in [2.75, 3.05) is 11.4 Å². The first-order valence-electron chi connectivity index (χ1n) is 10.6. The van der Waals surface area contributed by atoms with E-state index in [1.807, 2.05) is 19.1 Å². The second kappa shape index (κ2) is 7.78. The third kappa shape index (κ3) is 3.37. The zero-order valence-electron chi connectivity index (χ0n) is 17.5. The van der Waals surface area contributed by atoms with Crippen LogP contribution in [-0.2, 0) is 0 Å². The number of rotatable bonds is 2. The van der Waals surface area contributed by atoms with Crippen LogP contribution in [0.3, 0.4) is 0 Å². The molecule has 0 saturated carbocycles. The first-order valence-corrected chi connectivity index (χ1v) is 11.3. The molecule has 2 aliphatic heterocycles. The summed E-state index contributed by atoms with van der Waals surface area (Å²) in [5.41, 5.74) is 6.36. The number of nitrogens with one attached hydrogen (secondary N) is 1. The zero-order chi connectivity index (χ0) is 21.5. The first kappa shape index (κ1) is 19.7. The lowest BCUT2D eigenvalue weighted by Gasteiger charge is -2.41. The summed E-state index contributed by atoms with van der Waals surface area (Å²) in [6.07, 6.45) is 1.70. The van der Waals surface area contributed by atoms with E-state index in [-0.39, 0.29) is 23.9 Å². The van der Waals surface area contributed by atoms with Crippen molar-refractivity contribution < 1.29 is 4.79 Å². The van der Waals surface area contributed by atoms with Crippen LogP contribution in [0.2, 0.25) is 0 Å². The van der Waals surface area contributed by atoms with Gasteiger partial charge in [-0.2, -0.15) is 5.26 Å². The molecule has 3 atom stereocenters. The Morgan fingerprint density at radius 1 is 1.23 bits per heavy atom. The smallest absolute Gasteiger partial charge is 0.265 e. The van der Waals surface area contributed by atoms with Crippen molar-refractivity contribution in [1.29, 1.82) is 5.26 Å². The fourth-order valence-corrected chi connectivity index (χ4v) is 5.54. The van der Waals surface area contributed by atoms with Crippen molar-refractivity contribution in [2.24, 2.45) is 0 Å². The van der Waals surface area contributed by atoms with Crippen molar-refractivity contribution in [2.45, 2.75) is 44.7 Å². The Morgan fingerprint density at radius 2 is 2.03 bits per heavy atom. The van der Waals surface area contributed by atoms with Crippen LogP contribution in [0.15, 0.2) is 42.5 Å². The molecule has 3 aromatic rings. The van der Waals surface area contributed by atoms with Crippen LogP contribution in [0, 0.1) is 18.3 Å². The highest BCUT2D eigenvalue weighted by molar-refractivity contribution is 7.08. The van der Waals surface area contributed by atoms with E-state index < -0.39 is 0 Å². The molecule has 0 radical (unpaired) electrons. The van der Waals surface area contributed by atoms with E-state index in [0.29, 0.717) is 16.1 Å². The molecule has 31 heavy (non-hydrogen) atoms. The minimum atomic E-state index is -0.0831. The zero-order valence-corrected chi connectivity index (χ0v) is 18.3. The van der Waals surface area contributed by atoms with E-state index in [4.69, 9.17) is 0 Å². The second-order valence-electron chi connectivity index (χ2n) is 8.33. The quantitative estimate of drug-likeness (QED) is 0.656. The highest BCUT2D eigenvalue weighted by Gasteiger charge is 2.37. The van der Waals surface area contributed by atoms with Crippen molar-refractivity contribution in [3.05, 3.63) is 75.3 Å². The number of benzene rings is 2. The Balaban J connectivity index is 1.51. The number of aryl methyl sites for hydroxylation is 1. The average Bonchev–Trinajstić information content (AvgIpc) is 3.20. The monoisotopic (exact) mass is 429 g/mol. The van der Waals surface area contributed by atoms with Crippen molar-refractivity contribution in [1.82, 2.24) is 14.9 Å². The fraction of sp³-hybridized carbons (Fsp3) is 0.333. The maximum absolute atomic E-state index is 12.8. The predicted octanol–water partition coefficient (Wildman–Crippen LogP) is 4.32. The highest BCUT2D eigenvalue weighted by atomic mass is 32.1. The Kier molecular flexibility index (Phi) is 4.95. The van der Waals surface area contributed by atoms with Gasteiger partial charge in [0.2, 0.25) is 0 Å². The van der Waals surface area contributed by atoms with Crippen LogP contribution in [0.5, 0.6) is 0 Å². The molecule has 1 fully saturated rings. The third-order valence-corrected chi connectivity index (χ3v) is 7.38. The van der Waals surface area contributed by atoms with Gasteiger partial charge in [-0.25, -0.2) is 0 Å². The van der Waals surface area contributed by atoms with E-state index in [9.17, 15) is 10.1 Å². The highest BCUT2D eigenvalue weighted by Crippen LogP contribution is 2.46. The summed E-state index contributed by atoms with van der Waals surface area (Å²) < 4.78 is 3.89. The van der Waals surface area contributed by atoms with Crippen LogP contribution in [0.1, 0.15) is 69.3 Å². The van der Waals surface area contributed by atoms with Gasteiger partial charge in [0.25, 0.3) is 5.91 Å². The molecule has 0 aliphatic carbocycles.